The number of hydrogen-bond acceptors (Lipinski definition) is 5. The van der Waals surface area contributed by atoms with E-state index in [4.69, 9.17) is 14.0 Å². The Morgan fingerprint density at radius 2 is 2.37 bits per heavy atom. The summed E-state index contributed by atoms with van der Waals surface area (Å²) in [5.41, 5.74) is 1.16. The molecule has 1 fully saturated rings. The van der Waals surface area contributed by atoms with Gasteiger partial charge >= 0.3 is 0 Å². The molecule has 1 aliphatic rings. The maximum atomic E-state index is 5.62. The highest BCUT2D eigenvalue weighted by Gasteiger charge is 2.23. The quantitative estimate of drug-likeness (QED) is 0.845. The molecule has 1 atom stereocenters. The summed E-state index contributed by atoms with van der Waals surface area (Å²) in [5, 5.41) is 3.98. The molecule has 0 aliphatic carbocycles. The maximum Gasteiger partial charge on any atom is 0.264 e. The Morgan fingerprint density at radius 3 is 3.16 bits per heavy atom. The van der Waals surface area contributed by atoms with E-state index in [9.17, 15) is 0 Å². The Balaban J connectivity index is 1.61. The lowest BCUT2D eigenvalue weighted by atomic mass is 10.1. The van der Waals surface area contributed by atoms with Gasteiger partial charge in [0.2, 0.25) is 0 Å². The van der Waals surface area contributed by atoms with E-state index in [0.717, 1.165) is 30.2 Å². The molecule has 1 aromatic carbocycles. The number of hydrogen-bond donors (Lipinski definition) is 0. The zero-order valence-corrected chi connectivity index (χ0v) is 10.8. The number of nitrogens with zero attached hydrogens (tertiary/aromatic N) is 2. The predicted molar refractivity (Wildman–Crippen MR) is 68.0 cm³/mol. The topological polar surface area (TPSA) is 57.4 Å². The summed E-state index contributed by atoms with van der Waals surface area (Å²) in [6.45, 7) is 3.77. The van der Waals surface area contributed by atoms with Crippen molar-refractivity contribution >= 4 is 0 Å². The number of benzene rings is 1. The molecule has 1 aliphatic heterocycles. The van der Waals surface area contributed by atoms with Crippen molar-refractivity contribution in [3.8, 4) is 5.75 Å². The van der Waals surface area contributed by atoms with Crippen LogP contribution < -0.4 is 4.74 Å². The molecule has 2 aromatic rings. The van der Waals surface area contributed by atoms with Crippen molar-refractivity contribution in [1.29, 1.82) is 0 Å². The molecule has 1 aromatic heterocycles. The molecule has 0 N–H and O–H groups in total. The van der Waals surface area contributed by atoms with Crippen molar-refractivity contribution in [2.24, 2.45) is 0 Å². The molecule has 5 heteroatoms. The summed E-state index contributed by atoms with van der Waals surface area (Å²) in [5.74, 6) is 2.30. The third-order valence-corrected chi connectivity index (χ3v) is 3.13. The molecule has 0 radical (unpaired) electrons. The molecule has 0 saturated carbocycles. The highest BCUT2D eigenvalue weighted by atomic mass is 16.5. The summed E-state index contributed by atoms with van der Waals surface area (Å²) >= 11 is 0. The van der Waals surface area contributed by atoms with Crippen LogP contribution in [0.15, 0.2) is 28.8 Å². The van der Waals surface area contributed by atoms with Gasteiger partial charge in [-0.15, -0.1) is 0 Å². The van der Waals surface area contributed by atoms with Crippen LogP contribution in [0, 0.1) is 6.92 Å². The summed E-state index contributed by atoms with van der Waals surface area (Å²) in [7, 11) is 0. The minimum atomic E-state index is 0.261. The van der Waals surface area contributed by atoms with Crippen LogP contribution in [0.1, 0.15) is 29.6 Å². The van der Waals surface area contributed by atoms with E-state index in [-0.39, 0.29) is 5.92 Å². The molecule has 0 spiro atoms. The van der Waals surface area contributed by atoms with Crippen molar-refractivity contribution in [2.45, 2.75) is 25.9 Å². The first-order valence-electron chi connectivity index (χ1n) is 6.41. The first-order chi connectivity index (χ1) is 9.31. The molecule has 19 heavy (non-hydrogen) atoms. The second-order valence-corrected chi connectivity index (χ2v) is 4.71. The molecule has 0 amide bonds. The zero-order valence-electron chi connectivity index (χ0n) is 10.8. The fourth-order valence-electron chi connectivity index (χ4n) is 2.08. The third-order valence-electron chi connectivity index (χ3n) is 3.13. The van der Waals surface area contributed by atoms with Crippen molar-refractivity contribution in [2.75, 3.05) is 13.2 Å². The average molecular weight is 260 g/mol. The van der Waals surface area contributed by atoms with Gasteiger partial charge < -0.3 is 14.0 Å². The van der Waals surface area contributed by atoms with Crippen LogP contribution in [-0.4, -0.2) is 23.4 Å². The molecule has 0 unspecified atom stereocenters. The molecular weight excluding hydrogens is 244 g/mol. The second-order valence-electron chi connectivity index (χ2n) is 4.71. The highest BCUT2D eigenvalue weighted by Crippen LogP contribution is 2.22. The Hall–Kier alpha value is -1.88. The van der Waals surface area contributed by atoms with Gasteiger partial charge in [0.1, 0.15) is 5.75 Å². The van der Waals surface area contributed by atoms with E-state index in [0.29, 0.717) is 19.1 Å². The van der Waals surface area contributed by atoms with Gasteiger partial charge in [0.05, 0.1) is 6.61 Å². The molecule has 5 nitrogen and oxygen atoms in total. The van der Waals surface area contributed by atoms with Gasteiger partial charge in [-0.1, -0.05) is 17.3 Å². The Labute approximate surface area is 111 Å². The third kappa shape index (κ3) is 2.93. The van der Waals surface area contributed by atoms with Crippen LogP contribution in [0.3, 0.4) is 0 Å². The van der Waals surface area contributed by atoms with E-state index in [1.54, 1.807) is 0 Å². The van der Waals surface area contributed by atoms with E-state index in [1.165, 1.54) is 0 Å². The number of rotatable bonds is 4. The average Bonchev–Trinajstić information content (AvgIpc) is 3.07. The molecule has 100 valence electrons. The van der Waals surface area contributed by atoms with E-state index >= 15 is 0 Å². The molecule has 3 rings (SSSR count). The van der Waals surface area contributed by atoms with Gasteiger partial charge in [-0.05, 0) is 31.0 Å². The number of ether oxygens (including phenoxy) is 2. The van der Waals surface area contributed by atoms with E-state index < -0.39 is 0 Å². The summed E-state index contributed by atoms with van der Waals surface area (Å²) < 4.78 is 16.1. The van der Waals surface area contributed by atoms with Crippen LogP contribution in [0.5, 0.6) is 5.75 Å². The van der Waals surface area contributed by atoms with Crippen molar-refractivity contribution in [3.05, 3.63) is 41.5 Å². The Morgan fingerprint density at radius 1 is 1.42 bits per heavy atom. The smallest absolute Gasteiger partial charge is 0.264 e. The normalized spacial score (nSPS) is 18.7. The molecule has 2 heterocycles. The van der Waals surface area contributed by atoms with Crippen LogP contribution >= 0.6 is 0 Å². The van der Waals surface area contributed by atoms with Gasteiger partial charge in [0, 0.05) is 12.5 Å². The van der Waals surface area contributed by atoms with Crippen LogP contribution in [0.25, 0.3) is 0 Å². The second kappa shape index (κ2) is 5.40. The largest absolute Gasteiger partial charge is 0.484 e. The minimum Gasteiger partial charge on any atom is -0.484 e. The van der Waals surface area contributed by atoms with Crippen molar-refractivity contribution < 1.29 is 14.0 Å². The summed E-state index contributed by atoms with van der Waals surface area (Å²) in [4.78, 5) is 4.35. The lowest BCUT2D eigenvalue weighted by Gasteiger charge is -2.03. The highest BCUT2D eigenvalue weighted by molar-refractivity contribution is 5.27. The van der Waals surface area contributed by atoms with Gasteiger partial charge in [-0.2, -0.15) is 4.98 Å². The zero-order chi connectivity index (χ0) is 13.1. The standard InChI is InChI=1S/C14H16N2O3/c1-10-3-2-4-12(7-10)18-9-13-15-14(16-19-13)11-5-6-17-8-11/h2-4,7,11H,5-6,8-9H2,1H3/t11-/m0/s1. The maximum absolute atomic E-state index is 5.62. The van der Waals surface area contributed by atoms with Crippen LogP contribution in [0.2, 0.25) is 0 Å². The molecular formula is C14H16N2O3. The van der Waals surface area contributed by atoms with Gasteiger partial charge in [0.15, 0.2) is 12.4 Å². The monoisotopic (exact) mass is 260 g/mol. The SMILES string of the molecule is Cc1cccc(OCc2nc([C@H]3CCOC3)no2)c1. The van der Waals surface area contributed by atoms with E-state index in [1.807, 2.05) is 31.2 Å². The fourth-order valence-corrected chi connectivity index (χ4v) is 2.08. The first kappa shape index (κ1) is 12.2. The van der Waals surface area contributed by atoms with Gasteiger partial charge in [-0.25, -0.2) is 0 Å². The first-order valence-corrected chi connectivity index (χ1v) is 6.41. The lowest BCUT2D eigenvalue weighted by Crippen LogP contribution is -2.01. The molecule has 0 bridgehead atoms. The van der Waals surface area contributed by atoms with Crippen LogP contribution in [-0.2, 0) is 11.3 Å². The van der Waals surface area contributed by atoms with Crippen LogP contribution in [0.4, 0.5) is 0 Å². The Kier molecular flexibility index (Phi) is 3.46. The van der Waals surface area contributed by atoms with Gasteiger partial charge in [0.25, 0.3) is 5.89 Å². The predicted octanol–water partition coefficient (Wildman–Crippen LogP) is 2.46. The number of aryl methyl sites for hydroxylation is 1. The van der Waals surface area contributed by atoms with Crippen molar-refractivity contribution in [1.82, 2.24) is 10.1 Å². The minimum absolute atomic E-state index is 0.261. The molecule has 1 saturated heterocycles. The van der Waals surface area contributed by atoms with Crippen molar-refractivity contribution in [3.63, 3.8) is 0 Å². The summed E-state index contributed by atoms with van der Waals surface area (Å²) in [6.07, 6.45) is 0.956. The number of aromatic nitrogens is 2. The van der Waals surface area contributed by atoms with Gasteiger partial charge in [-0.3, -0.25) is 0 Å². The fraction of sp³-hybridized carbons (Fsp3) is 0.429. The Bertz CT molecular complexity index is 547. The van der Waals surface area contributed by atoms with E-state index in [2.05, 4.69) is 10.1 Å². The summed E-state index contributed by atoms with van der Waals surface area (Å²) in [6, 6.07) is 7.87. The lowest BCUT2D eigenvalue weighted by molar-refractivity contribution is 0.192.